The number of unbranched alkanes of at least 4 members (excludes halogenated alkanes) is 14. The van der Waals surface area contributed by atoms with Crippen molar-refractivity contribution in [1.82, 2.24) is 5.32 Å². The van der Waals surface area contributed by atoms with Gasteiger partial charge in [0.25, 0.3) is 0 Å². The third-order valence-corrected chi connectivity index (χ3v) is 9.88. The summed E-state index contributed by atoms with van der Waals surface area (Å²) in [6.07, 6.45) is 15.5. The zero-order valence-electron chi connectivity index (χ0n) is 35.6. The van der Waals surface area contributed by atoms with Gasteiger partial charge < -0.3 is 34.1 Å². The highest BCUT2D eigenvalue weighted by molar-refractivity contribution is 6.17. The summed E-state index contributed by atoms with van der Waals surface area (Å²) in [6, 6.07) is 7.34. The van der Waals surface area contributed by atoms with Crippen molar-refractivity contribution >= 4 is 47.5 Å². The van der Waals surface area contributed by atoms with E-state index in [-0.39, 0.29) is 26.1 Å². The average molecular weight is 840 g/mol. The van der Waals surface area contributed by atoms with Crippen LogP contribution < -0.4 is 5.32 Å². The number of aliphatic carboxylic acids is 1. The molecule has 0 aliphatic carbocycles. The molecular formula is C44H70ClNO12. The van der Waals surface area contributed by atoms with Crippen molar-refractivity contribution < 1.29 is 57.6 Å². The van der Waals surface area contributed by atoms with E-state index in [9.17, 15) is 33.9 Å². The van der Waals surface area contributed by atoms with Crippen LogP contribution in [0.3, 0.4) is 0 Å². The number of ether oxygens (including phenoxy) is 5. The quantitative estimate of drug-likeness (QED) is 0.0225. The molecule has 1 amide bonds. The number of carbonyl (C=O) groups excluding carboxylic acids is 5. The Kier molecular flexibility index (Phi) is 28.0. The smallest absolute Gasteiger partial charge is 0.408 e. The molecule has 0 aromatic heterocycles. The van der Waals surface area contributed by atoms with Crippen LogP contribution >= 0.6 is 11.6 Å². The minimum atomic E-state index is -1.81. The number of carbonyl (C=O) groups is 6. The number of hydrogen-bond donors (Lipinski definition) is 2. The highest BCUT2D eigenvalue weighted by Crippen LogP contribution is 2.22. The molecule has 0 aliphatic heterocycles. The average Bonchev–Trinajstić information content (AvgIpc) is 3.18. The summed E-state index contributed by atoms with van der Waals surface area (Å²) < 4.78 is 26.4. The van der Waals surface area contributed by atoms with E-state index in [4.69, 9.17) is 35.3 Å². The Morgan fingerprint density at radius 1 is 0.741 bits per heavy atom. The third kappa shape index (κ3) is 24.1. The van der Waals surface area contributed by atoms with E-state index < -0.39 is 84.4 Å². The maximum absolute atomic E-state index is 13.5. The van der Waals surface area contributed by atoms with Crippen LogP contribution in [-0.4, -0.2) is 72.5 Å². The van der Waals surface area contributed by atoms with E-state index in [1.165, 1.54) is 84.5 Å². The SMILES string of the molecule is CCCCCCCCCCCCCCCCCC(=O)OCCC(CC(C(=O)O)C(=O)OCC(C)(C)C(=O)OCCl)OC(=O)[C@@H](NC(=O)OCc1ccccc1)C(C)C. The van der Waals surface area contributed by atoms with Gasteiger partial charge in [-0.2, -0.15) is 0 Å². The van der Waals surface area contributed by atoms with Crippen molar-refractivity contribution in [2.75, 3.05) is 19.3 Å². The molecule has 0 saturated carbocycles. The van der Waals surface area contributed by atoms with Gasteiger partial charge in [-0.15, -0.1) is 0 Å². The fourth-order valence-electron chi connectivity index (χ4n) is 6.09. The van der Waals surface area contributed by atoms with Crippen LogP contribution in [-0.2, 0) is 54.3 Å². The standard InChI is InChI=1S/C44H70ClNO12/c1-6-7-8-9-10-11-12-13-14-15-16-17-18-19-23-26-37(47)54-28-27-35(29-36(39(48)49)40(50)56-31-44(4,5)42(52)57-32-45)58-41(51)38(33(2)3)46-43(53)55-30-34-24-21-20-22-25-34/h20-22,24-25,33,35-36,38H,6-19,23,26-32H2,1-5H3,(H,46,53)(H,48,49)/t35?,36?,38-/m0/s1. The minimum absolute atomic E-state index is 0.0390. The van der Waals surface area contributed by atoms with Crippen molar-refractivity contribution in [1.29, 1.82) is 0 Å². The molecule has 13 nitrogen and oxygen atoms in total. The largest absolute Gasteiger partial charge is 0.481 e. The molecule has 330 valence electrons. The van der Waals surface area contributed by atoms with Gasteiger partial charge in [0.15, 0.2) is 12.0 Å². The molecule has 0 radical (unpaired) electrons. The Balaban J connectivity index is 2.74. The van der Waals surface area contributed by atoms with Crippen LogP contribution in [0.4, 0.5) is 4.79 Å². The summed E-state index contributed by atoms with van der Waals surface area (Å²) in [5.74, 6) is -7.11. The second-order valence-electron chi connectivity index (χ2n) is 15.9. The maximum atomic E-state index is 13.5. The summed E-state index contributed by atoms with van der Waals surface area (Å²) in [5, 5.41) is 12.5. The van der Waals surface area contributed by atoms with Gasteiger partial charge in [0.2, 0.25) is 0 Å². The first-order valence-corrected chi connectivity index (χ1v) is 21.7. The van der Waals surface area contributed by atoms with Crippen molar-refractivity contribution in [3.8, 4) is 0 Å². The number of carboxylic acids is 1. The second-order valence-corrected chi connectivity index (χ2v) is 16.1. The first-order valence-electron chi connectivity index (χ1n) is 21.2. The van der Waals surface area contributed by atoms with Crippen molar-refractivity contribution in [2.45, 2.75) is 169 Å². The van der Waals surface area contributed by atoms with Gasteiger partial charge in [0.1, 0.15) is 25.4 Å². The highest BCUT2D eigenvalue weighted by atomic mass is 35.5. The fraction of sp³-hybridized carbons (Fsp3) is 0.727. The van der Waals surface area contributed by atoms with Gasteiger partial charge in [-0.05, 0) is 31.7 Å². The second kappa shape index (κ2) is 31.1. The summed E-state index contributed by atoms with van der Waals surface area (Å²) >= 11 is 5.48. The molecule has 0 bridgehead atoms. The molecule has 2 N–H and O–H groups in total. The molecule has 0 spiro atoms. The van der Waals surface area contributed by atoms with Crippen molar-refractivity contribution in [3.05, 3.63) is 35.9 Å². The number of amides is 1. The molecule has 1 aromatic carbocycles. The van der Waals surface area contributed by atoms with Gasteiger partial charge in [-0.3, -0.25) is 19.2 Å². The fourth-order valence-corrected chi connectivity index (χ4v) is 6.18. The number of carboxylic acid groups (broad SMARTS) is 1. The normalized spacial score (nSPS) is 12.9. The third-order valence-electron chi connectivity index (χ3n) is 9.77. The Morgan fingerprint density at radius 2 is 1.29 bits per heavy atom. The molecule has 1 aromatic rings. The van der Waals surface area contributed by atoms with Gasteiger partial charge in [-0.1, -0.05) is 153 Å². The lowest BCUT2D eigenvalue weighted by atomic mass is 9.95. The summed E-state index contributed by atoms with van der Waals surface area (Å²) in [7, 11) is 0. The van der Waals surface area contributed by atoms with Crippen LogP contribution in [0.5, 0.6) is 0 Å². The van der Waals surface area contributed by atoms with Crippen molar-refractivity contribution in [3.63, 3.8) is 0 Å². The van der Waals surface area contributed by atoms with Gasteiger partial charge in [0, 0.05) is 19.3 Å². The number of hydrogen-bond acceptors (Lipinski definition) is 11. The van der Waals surface area contributed by atoms with Crippen LogP contribution in [0.15, 0.2) is 30.3 Å². The van der Waals surface area contributed by atoms with Crippen LogP contribution in [0.2, 0.25) is 0 Å². The van der Waals surface area contributed by atoms with Gasteiger partial charge in [0.05, 0.1) is 12.0 Å². The van der Waals surface area contributed by atoms with Gasteiger partial charge >= 0.3 is 35.9 Å². The lowest BCUT2D eigenvalue weighted by Crippen LogP contribution is -2.47. The predicted molar refractivity (Wildman–Crippen MR) is 221 cm³/mol. The molecule has 0 heterocycles. The Morgan fingerprint density at radius 3 is 1.81 bits per heavy atom. The Bertz CT molecular complexity index is 1340. The number of alkyl carbamates (subject to hydrolysis) is 1. The highest BCUT2D eigenvalue weighted by Gasteiger charge is 2.37. The minimum Gasteiger partial charge on any atom is -0.481 e. The molecule has 1 rings (SSSR count). The number of rotatable bonds is 33. The number of esters is 4. The van der Waals surface area contributed by atoms with Crippen LogP contribution in [0.25, 0.3) is 0 Å². The van der Waals surface area contributed by atoms with E-state index >= 15 is 0 Å². The molecule has 0 aliphatic rings. The predicted octanol–water partition coefficient (Wildman–Crippen LogP) is 9.44. The number of alkyl halides is 1. The number of nitrogens with one attached hydrogen (secondary N) is 1. The number of benzene rings is 1. The zero-order valence-corrected chi connectivity index (χ0v) is 36.3. The van der Waals surface area contributed by atoms with E-state index in [0.29, 0.717) is 6.42 Å². The Hall–Kier alpha value is -3.87. The monoisotopic (exact) mass is 839 g/mol. The van der Waals surface area contributed by atoms with E-state index in [1.807, 2.05) is 6.07 Å². The zero-order chi connectivity index (χ0) is 43.2. The molecule has 14 heteroatoms. The first-order chi connectivity index (χ1) is 27.7. The van der Waals surface area contributed by atoms with E-state index in [0.717, 1.165) is 24.8 Å². The first kappa shape index (κ1) is 52.1. The summed E-state index contributed by atoms with van der Waals surface area (Å²) in [6.45, 7) is 7.70. The van der Waals surface area contributed by atoms with Gasteiger partial charge in [-0.25, -0.2) is 9.59 Å². The number of halogens is 1. The van der Waals surface area contributed by atoms with Crippen LogP contribution in [0, 0.1) is 17.3 Å². The maximum Gasteiger partial charge on any atom is 0.408 e. The van der Waals surface area contributed by atoms with E-state index in [2.05, 4.69) is 12.2 Å². The molecule has 3 atom stereocenters. The lowest BCUT2D eigenvalue weighted by Gasteiger charge is -2.26. The van der Waals surface area contributed by atoms with Crippen molar-refractivity contribution in [2.24, 2.45) is 17.3 Å². The molecule has 58 heavy (non-hydrogen) atoms. The molecule has 0 fully saturated rings. The Labute approximate surface area is 350 Å². The molecule has 0 saturated heterocycles. The summed E-state index contributed by atoms with van der Waals surface area (Å²) in [4.78, 5) is 76.2. The van der Waals surface area contributed by atoms with E-state index in [1.54, 1.807) is 38.1 Å². The van der Waals surface area contributed by atoms with Crippen LogP contribution in [0.1, 0.15) is 156 Å². The topological polar surface area (TPSA) is 181 Å². The molecular weight excluding hydrogens is 770 g/mol. The summed E-state index contributed by atoms with van der Waals surface area (Å²) in [5.41, 5.74) is -0.590. The lowest BCUT2D eigenvalue weighted by molar-refractivity contribution is -0.170. The molecule has 2 unspecified atom stereocenters.